The highest BCUT2D eigenvalue weighted by Gasteiger charge is 1.98. The van der Waals surface area contributed by atoms with Gasteiger partial charge in [0, 0.05) is 29.5 Å². The topological polar surface area (TPSA) is 24.1 Å². The molecule has 0 aromatic heterocycles. The van der Waals surface area contributed by atoms with E-state index >= 15 is 0 Å². The standard InChI is InChI=1S/C14H13Cl3N2/c15-10-1-3-11(4-2-10)18-7-8-19-12-5-6-13(16)14(17)9-12/h1-6,9,18-19H,7-8H2. The Morgan fingerprint density at radius 3 is 1.89 bits per heavy atom. The largest absolute Gasteiger partial charge is 0.383 e. The van der Waals surface area contributed by atoms with Crippen LogP contribution in [-0.4, -0.2) is 13.1 Å². The van der Waals surface area contributed by atoms with Crippen LogP contribution in [0.4, 0.5) is 11.4 Å². The molecule has 2 aromatic carbocycles. The summed E-state index contributed by atoms with van der Waals surface area (Å²) in [6.07, 6.45) is 0. The van der Waals surface area contributed by atoms with Crippen LogP contribution in [0.5, 0.6) is 0 Å². The summed E-state index contributed by atoms with van der Waals surface area (Å²) in [6.45, 7) is 1.57. The normalized spacial score (nSPS) is 10.3. The van der Waals surface area contributed by atoms with Gasteiger partial charge in [-0.1, -0.05) is 34.8 Å². The highest BCUT2D eigenvalue weighted by molar-refractivity contribution is 6.42. The lowest BCUT2D eigenvalue weighted by atomic mass is 10.3. The smallest absolute Gasteiger partial charge is 0.0612 e. The van der Waals surface area contributed by atoms with Crippen molar-refractivity contribution >= 4 is 46.2 Å². The van der Waals surface area contributed by atoms with E-state index in [2.05, 4.69) is 10.6 Å². The van der Waals surface area contributed by atoms with Crippen LogP contribution in [0, 0.1) is 0 Å². The van der Waals surface area contributed by atoms with Gasteiger partial charge in [-0.05, 0) is 42.5 Å². The maximum atomic E-state index is 5.94. The molecule has 0 aliphatic rings. The predicted octanol–water partition coefficient (Wildman–Crippen LogP) is 5.17. The molecular weight excluding hydrogens is 303 g/mol. The van der Waals surface area contributed by atoms with Crippen LogP contribution in [0.1, 0.15) is 0 Å². The molecule has 0 saturated carbocycles. The molecule has 2 N–H and O–H groups in total. The Morgan fingerprint density at radius 1 is 0.684 bits per heavy atom. The second-order valence-corrected chi connectivity index (χ2v) is 5.24. The first kappa shape index (κ1) is 14.3. The van der Waals surface area contributed by atoms with Gasteiger partial charge in [-0.3, -0.25) is 0 Å². The number of anilines is 2. The summed E-state index contributed by atoms with van der Waals surface area (Å²) in [4.78, 5) is 0. The molecule has 0 unspecified atom stereocenters. The molecule has 19 heavy (non-hydrogen) atoms. The maximum absolute atomic E-state index is 5.94. The summed E-state index contributed by atoms with van der Waals surface area (Å²) in [5.41, 5.74) is 1.99. The number of hydrogen-bond donors (Lipinski definition) is 2. The number of halogens is 3. The van der Waals surface area contributed by atoms with Gasteiger partial charge in [0.25, 0.3) is 0 Å². The van der Waals surface area contributed by atoms with Crippen molar-refractivity contribution < 1.29 is 0 Å². The van der Waals surface area contributed by atoms with Crippen molar-refractivity contribution in [3.63, 3.8) is 0 Å². The number of benzene rings is 2. The third kappa shape index (κ3) is 4.50. The van der Waals surface area contributed by atoms with Crippen molar-refractivity contribution in [3.05, 3.63) is 57.5 Å². The Hall–Kier alpha value is -1.09. The van der Waals surface area contributed by atoms with Gasteiger partial charge in [0.15, 0.2) is 0 Å². The van der Waals surface area contributed by atoms with E-state index < -0.39 is 0 Å². The quantitative estimate of drug-likeness (QED) is 0.744. The van der Waals surface area contributed by atoms with Crippen molar-refractivity contribution in [2.75, 3.05) is 23.7 Å². The minimum absolute atomic E-state index is 0.553. The van der Waals surface area contributed by atoms with Crippen molar-refractivity contribution in [1.82, 2.24) is 0 Å². The van der Waals surface area contributed by atoms with E-state index in [1.807, 2.05) is 36.4 Å². The Bertz CT molecular complexity index is 541. The van der Waals surface area contributed by atoms with Crippen LogP contribution in [-0.2, 0) is 0 Å². The van der Waals surface area contributed by atoms with Crippen LogP contribution in [0.2, 0.25) is 15.1 Å². The molecule has 0 saturated heterocycles. The third-order valence-corrected chi connectivity index (χ3v) is 3.54. The molecule has 0 amide bonds. The van der Waals surface area contributed by atoms with E-state index in [1.54, 1.807) is 6.07 Å². The lowest BCUT2D eigenvalue weighted by Gasteiger charge is -2.09. The fourth-order valence-electron chi connectivity index (χ4n) is 1.59. The van der Waals surface area contributed by atoms with Gasteiger partial charge in [-0.25, -0.2) is 0 Å². The zero-order valence-electron chi connectivity index (χ0n) is 10.1. The number of rotatable bonds is 5. The monoisotopic (exact) mass is 314 g/mol. The second kappa shape index (κ2) is 6.90. The third-order valence-electron chi connectivity index (χ3n) is 2.55. The van der Waals surface area contributed by atoms with E-state index in [0.717, 1.165) is 29.5 Å². The summed E-state index contributed by atoms with van der Waals surface area (Å²) < 4.78 is 0. The first-order chi connectivity index (χ1) is 9.15. The Kier molecular flexibility index (Phi) is 5.20. The van der Waals surface area contributed by atoms with Gasteiger partial charge in [0.2, 0.25) is 0 Å². The van der Waals surface area contributed by atoms with Crippen LogP contribution >= 0.6 is 34.8 Å². The fourth-order valence-corrected chi connectivity index (χ4v) is 2.01. The average molecular weight is 316 g/mol. The summed E-state index contributed by atoms with van der Waals surface area (Å²) in [6, 6.07) is 13.1. The van der Waals surface area contributed by atoms with Gasteiger partial charge in [-0.15, -0.1) is 0 Å². The van der Waals surface area contributed by atoms with E-state index in [9.17, 15) is 0 Å². The van der Waals surface area contributed by atoms with E-state index in [0.29, 0.717) is 10.0 Å². The Morgan fingerprint density at radius 2 is 1.26 bits per heavy atom. The molecule has 0 aliphatic heterocycles. The zero-order valence-corrected chi connectivity index (χ0v) is 12.4. The van der Waals surface area contributed by atoms with Crippen LogP contribution < -0.4 is 10.6 Å². The van der Waals surface area contributed by atoms with E-state index in [1.165, 1.54) is 0 Å². The maximum Gasteiger partial charge on any atom is 0.0612 e. The Balaban J connectivity index is 1.77. The van der Waals surface area contributed by atoms with Gasteiger partial charge in [0.05, 0.1) is 10.0 Å². The van der Waals surface area contributed by atoms with Crippen molar-refractivity contribution in [1.29, 1.82) is 0 Å². The molecule has 2 aromatic rings. The molecular formula is C14H13Cl3N2. The Labute approximate surface area is 127 Å². The first-order valence-electron chi connectivity index (χ1n) is 5.83. The van der Waals surface area contributed by atoms with Gasteiger partial charge in [-0.2, -0.15) is 0 Å². The second-order valence-electron chi connectivity index (χ2n) is 3.99. The fraction of sp³-hybridized carbons (Fsp3) is 0.143. The highest BCUT2D eigenvalue weighted by Crippen LogP contribution is 2.24. The number of nitrogens with one attached hydrogen (secondary N) is 2. The lowest BCUT2D eigenvalue weighted by molar-refractivity contribution is 1.08. The molecule has 2 nitrogen and oxygen atoms in total. The number of hydrogen-bond acceptors (Lipinski definition) is 2. The SMILES string of the molecule is Clc1ccc(NCCNc2ccc(Cl)c(Cl)c2)cc1. The van der Waals surface area contributed by atoms with Gasteiger partial charge >= 0.3 is 0 Å². The van der Waals surface area contributed by atoms with E-state index in [4.69, 9.17) is 34.8 Å². The molecule has 5 heteroatoms. The molecule has 0 fully saturated rings. The molecule has 100 valence electrons. The van der Waals surface area contributed by atoms with Crippen LogP contribution in [0.3, 0.4) is 0 Å². The van der Waals surface area contributed by atoms with Crippen molar-refractivity contribution in [3.8, 4) is 0 Å². The molecule has 0 bridgehead atoms. The van der Waals surface area contributed by atoms with Gasteiger partial charge in [0.1, 0.15) is 0 Å². The predicted molar refractivity (Wildman–Crippen MR) is 84.9 cm³/mol. The van der Waals surface area contributed by atoms with Crippen molar-refractivity contribution in [2.45, 2.75) is 0 Å². The van der Waals surface area contributed by atoms with Gasteiger partial charge < -0.3 is 10.6 Å². The molecule has 0 atom stereocenters. The minimum atomic E-state index is 0.553. The summed E-state index contributed by atoms with van der Waals surface area (Å²) >= 11 is 17.6. The first-order valence-corrected chi connectivity index (χ1v) is 6.97. The zero-order chi connectivity index (χ0) is 13.7. The molecule has 2 rings (SSSR count). The summed E-state index contributed by atoms with van der Waals surface area (Å²) in [5.74, 6) is 0. The van der Waals surface area contributed by atoms with Crippen LogP contribution in [0.15, 0.2) is 42.5 Å². The average Bonchev–Trinajstić information content (AvgIpc) is 2.41. The summed E-state index contributed by atoms with van der Waals surface area (Å²) in [5, 5.41) is 8.40. The molecule has 0 radical (unpaired) electrons. The van der Waals surface area contributed by atoms with E-state index in [-0.39, 0.29) is 0 Å². The molecule has 0 aliphatic carbocycles. The summed E-state index contributed by atoms with van der Waals surface area (Å²) in [7, 11) is 0. The molecule has 0 spiro atoms. The molecule has 0 heterocycles. The lowest BCUT2D eigenvalue weighted by Crippen LogP contribution is -2.13. The highest BCUT2D eigenvalue weighted by atomic mass is 35.5. The van der Waals surface area contributed by atoms with Crippen molar-refractivity contribution in [2.24, 2.45) is 0 Å². The van der Waals surface area contributed by atoms with Crippen LogP contribution in [0.25, 0.3) is 0 Å². The minimum Gasteiger partial charge on any atom is -0.383 e.